The lowest BCUT2D eigenvalue weighted by Gasteiger charge is -2.09. The van der Waals surface area contributed by atoms with Crippen molar-refractivity contribution in [2.24, 2.45) is 0 Å². The van der Waals surface area contributed by atoms with Crippen molar-refractivity contribution in [1.29, 1.82) is 0 Å². The van der Waals surface area contributed by atoms with E-state index in [0.29, 0.717) is 6.61 Å². The maximum Gasteiger partial charge on any atom is 0.119 e. The molecule has 0 saturated heterocycles. The lowest BCUT2D eigenvalue weighted by molar-refractivity contribution is 0.306. The largest absolute Gasteiger partial charge is 0.489 e. The summed E-state index contributed by atoms with van der Waals surface area (Å²) in [6, 6.07) is 14.2. The van der Waals surface area contributed by atoms with Gasteiger partial charge in [-0.15, -0.1) is 0 Å². The van der Waals surface area contributed by atoms with Crippen molar-refractivity contribution in [3.63, 3.8) is 0 Å². The Hall–Kier alpha value is -1.51. The molecule has 0 aliphatic heterocycles. The summed E-state index contributed by atoms with van der Waals surface area (Å²) >= 11 is 6.20. The molecule has 2 aromatic rings. The van der Waals surface area contributed by atoms with Crippen LogP contribution in [0.25, 0.3) is 0 Å². The van der Waals surface area contributed by atoms with Crippen LogP contribution in [0.2, 0.25) is 5.02 Å². The summed E-state index contributed by atoms with van der Waals surface area (Å²) in [5.41, 5.74) is 3.44. The van der Waals surface area contributed by atoms with E-state index in [0.717, 1.165) is 41.4 Å². The lowest BCUT2D eigenvalue weighted by atomic mass is 10.1. The van der Waals surface area contributed by atoms with Gasteiger partial charge in [0.05, 0.1) is 0 Å². The third-order valence-electron chi connectivity index (χ3n) is 3.28. The summed E-state index contributed by atoms with van der Waals surface area (Å²) in [6.07, 6.45) is 1.15. The van der Waals surface area contributed by atoms with Gasteiger partial charge in [0.25, 0.3) is 0 Å². The van der Waals surface area contributed by atoms with Gasteiger partial charge in [0.1, 0.15) is 12.4 Å². The average molecular weight is 304 g/mol. The first kappa shape index (κ1) is 15.9. The fourth-order valence-electron chi connectivity index (χ4n) is 2.04. The smallest absolute Gasteiger partial charge is 0.119 e. The molecule has 0 heterocycles. The van der Waals surface area contributed by atoms with Crippen LogP contribution >= 0.6 is 11.6 Å². The zero-order valence-corrected chi connectivity index (χ0v) is 13.4. The van der Waals surface area contributed by atoms with E-state index < -0.39 is 0 Å². The van der Waals surface area contributed by atoms with Gasteiger partial charge in [-0.2, -0.15) is 0 Å². The zero-order valence-electron chi connectivity index (χ0n) is 12.7. The third-order valence-corrected chi connectivity index (χ3v) is 3.63. The van der Waals surface area contributed by atoms with E-state index in [4.69, 9.17) is 16.3 Å². The van der Waals surface area contributed by atoms with Crippen molar-refractivity contribution < 1.29 is 4.74 Å². The molecule has 2 aromatic carbocycles. The number of hydrogen-bond acceptors (Lipinski definition) is 2. The van der Waals surface area contributed by atoms with Crippen molar-refractivity contribution in [2.45, 2.75) is 33.4 Å². The van der Waals surface area contributed by atoms with Gasteiger partial charge in [-0.05, 0) is 49.2 Å². The van der Waals surface area contributed by atoms with Crippen LogP contribution in [0.5, 0.6) is 5.75 Å². The molecule has 1 N–H and O–H groups in total. The maximum atomic E-state index is 6.20. The number of rotatable bonds is 7. The minimum atomic E-state index is 0.493. The highest BCUT2D eigenvalue weighted by molar-refractivity contribution is 6.31. The second-order valence-electron chi connectivity index (χ2n) is 5.20. The maximum absolute atomic E-state index is 6.20. The van der Waals surface area contributed by atoms with Gasteiger partial charge in [0, 0.05) is 17.1 Å². The van der Waals surface area contributed by atoms with Crippen LogP contribution in [0.15, 0.2) is 42.5 Å². The number of aryl methyl sites for hydroxylation is 1. The van der Waals surface area contributed by atoms with Gasteiger partial charge in [-0.3, -0.25) is 0 Å². The highest BCUT2D eigenvalue weighted by Gasteiger charge is 2.02. The first-order chi connectivity index (χ1) is 10.2. The van der Waals surface area contributed by atoms with E-state index in [2.05, 4.69) is 24.4 Å². The van der Waals surface area contributed by atoms with Crippen LogP contribution in [-0.4, -0.2) is 6.54 Å². The molecule has 0 aliphatic carbocycles. The Morgan fingerprint density at radius 3 is 2.52 bits per heavy atom. The fourth-order valence-corrected chi connectivity index (χ4v) is 2.33. The second-order valence-corrected chi connectivity index (χ2v) is 5.61. The van der Waals surface area contributed by atoms with Crippen LogP contribution in [0.1, 0.15) is 30.0 Å². The van der Waals surface area contributed by atoms with E-state index in [1.165, 1.54) is 5.56 Å². The normalized spacial score (nSPS) is 10.6. The fraction of sp³-hybridized carbons (Fsp3) is 0.333. The summed E-state index contributed by atoms with van der Waals surface area (Å²) in [5.74, 6) is 0.867. The zero-order chi connectivity index (χ0) is 15.1. The number of ether oxygens (including phenoxy) is 1. The van der Waals surface area contributed by atoms with Crippen LogP contribution in [0.4, 0.5) is 0 Å². The molecular weight excluding hydrogens is 282 g/mol. The molecule has 0 bridgehead atoms. The van der Waals surface area contributed by atoms with Gasteiger partial charge in [0.15, 0.2) is 0 Å². The Labute approximate surface area is 132 Å². The first-order valence-corrected chi connectivity index (χ1v) is 7.74. The number of hydrogen-bond donors (Lipinski definition) is 1. The standard InChI is InChI=1S/C18H22ClNO/c1-3-10-20-12-15-5-8-17(9-6-15)21-13-16-7-4-14(2)11-18(16)19/h4-9,11,20H,3,10,12-13H2,1-2H3. The van der Waals surface area contributed by atoms with E-state index in [1.807, 2.05) is 37.3 Å². The molecule has 2 rings (SSSR count). The minimum Gasteiger partial charge on any atom is -0.489 e. The molecule has 2 nitrogen and oxygen atoms in total. The molecule has 0 unspecified atom stereocenters. The van der Waals surface area contributed by atoms with Gasteiger partial charge in [-0.1, -0.05) is 42.8 Å². The molecule has 0 aromatic heterocycles. The Morgan fingerprint density at radius 2 is 1.86 bits per heavy atom. The summed E-state index contributed by atoms with van der Waals surface area (Å²) in [7, 11) is 0. The van der Waals surface area contributed by atoms with E-state index in [-0.39, 0.29) is 0 Å². The van der Waals surface area contributed by atoms with Crippen molar-refractivity contribution >= 4 is 11.6 Å². The SMILES string of the molecule is CCCNCc1ccc(OCc2ccc(C)cc2Cl)cc1. The van der Waals surface area contributed by atoms with Crippen LogP contribution in [-0.2, 0) is 13.2 Å². The molecule has 3 heteroatoms. The highest BCUT2D eigenvalue weighted by Crippen LogP contribution is 2.20. The average Bonchev–Trinajstić information content (AvgIpc) is 2.48. The molecule has 0 radical (unpaired) electrons. The number of benzene rings is 2. The second kappa shape index (κ2) is 8.06. The Bertz CT molecular complexity index is 566. The summed E-state index contributed by atoms with van der Waals surface area (Å²) in [4.78, 5) is 0. The molecule has 0 atom stereocenters. The predicted molar refractivity (Wildman–Crippen MR) is 89.0 cm³/mol. The van der Waals surface area contributed by atoms with Gasteiger partial charge >= 0.3 is 0 Å². The van der Waals surface area contributed by atoms with E-state index >= 15 is 0 Å². The third kappa shape index (κ3) is 5.07. The van der Waals surface area contributed by atoms with E-state index in [9.17, 15) is 0 Å². The van der Waals surface area contributed by atoms with Crippen molar-refractivity contribution in [1.82, 2.24) is 5.32 Å². The predicted octanol–water partition coefficient (Wildman–Crippen LogP) is 4.73. The van der Waals surface area contributed by atoms with Crippen LogP contribution < -0.4 is 10.1 Å². The molecule has 0 spiro atoms. The Balaban J connectivity index is 1.88. The Kier molecular flexibility index (Phi) is 6.09. The molecule has 0 saturated carbocycles. The van der Waals surface area contributed by atoms with Crippen LogP contribution in [0.3, 0.4) is 0 Å². The molecule has 112 valence electrons. The van der Waals surface area contributed by atoms with Crippen molar-refractivity contribution in [3.8, 4) is 5.75 Å². The quantitative estimate of drug-likeness (QED) is 0.747. The molecule has 0 aliphatic rings. The number of halogens is 1. The molecular formula is C18H22ClNO. The summed E-state index contributed by atoms with van der Waals surface area (Å²) in [5, 5.41) is 4.14. The molecule has 21 heavy (non-hydrogen) atoms. The molecule has 0 amide bonds. The van der Waals surface area contributed by atoms with Crippen molar-refractivity contribution in [3.05, 3.63) is 64.2 Å². The summed E-state index contributed by atoms with van der Waals surface area (Å²) in [6.45, 7) is 6.64. The van der Waals surface area contributed by atoms with E-state index in [1.54, 1.807) is 0 Å². The van der Waals surface area contributed by atoms with Crippen LogP contribution in [0, 0.1) is 6.92 Å². The van der Waals surface area contributed by atoms with Gasteiger partial charge < -0.3 is 10.1 Å². The lowest BCUT2D eigenvalue weighted by Crippen LogP contribution is -2.13. The van der Waals surface area contributed by atoms with Gasteiger partial charge in [0.2, 0.25) is 0 Å². The monoisotopic (exact) mass is 303 g/mol. The summed E-state index contributed by atoms with van der Waals surface area (Å²) < 4.78 is 5.79. The van der Waals surface area contributed by atoms with Gasteiger partial charge in [-0.25, -0.2) is 0 Å². The number of nitrogens with one attached hydrogen (secondary N) is 1. The topological polar surface area (TPSA) is 21.3 Å². The minimum absolute atomic E-state index is 0.493. The Morgan fingerprint density at radius 1 is 1.10 bits per heavy atom. The molecule has 0 fully saturated rings. The van der Waals surface area contributed by atoms with Crippen molar-refractivity contribution in [2.75, 3.05) is 6.54 Å². The highest BCUT2D eigenvalue weighted by atomic mass is 35.5. The first-order valence-electron chi connectivity index (χ1n) is 7.36.